The number of halogens is 1. The molecule has 0 aliphatic carbocycles. The van der Waals surface area contributed by atoms with E-state index >= 15 is 0 Å². The van der Waals surface area contributed by atoms with Crippen LogP contribution in [0.1, 0.15) is 26.3 Å². The molecule has 2 aromatic rings. The number of H-pyrrole nitrogens is 1. The van der Waals surface area contributed by atoms with Crippen LogP contribution in [-0.2, 0) is 0 Å². The summed E-state index contributed by atoms with van der Waals surface area (Å²) >= 11 is 0. The third kappa shape index (κ3) is 2.97. The van der Waals surface area contributed by atoms with Crippen LogP contribution in [0.3, 0.4) is 0 Å². The Kier molecular flexibility index (Phi) is 3.84. The first-order valence-electron chi connectivity index (χ1n) is 5.98. The molecule has 0 radical (unpaired) electrons. The van der Waals surface area contributed by atoms with E-state index in [2.05, 4.69) is 10.3 Å². The maximum Gasteiger partial charge on any atom is 0.261 e. The molecule has 1 aromatic heterocycles. The third-order valence-corrected chi connectivity index (χ3v) is 2.95. The molecule has 1 aromatic carbocycles. The van der Waals surface area contributed by atoms with Crippen molar-refractivity contribution in [2.75, 3.05) is 5.32 Å². The first kappa shape index (κ1) is 14.4. The smallest absolute Gasteiger partial charge is 0.261 e. The molecule has 2 rings (SSSR count). The van der Waals surface area contributed by atoms with E-state index in [4.69, 9.17) is 5.73 Å². The van der Waals surface area contributed by atoms with Crippen molar-refractivity contribution in [3.8, 4) is 0 Å². The first-order valence-corrected chi connectivity index (χ1v) is 5.98. The van der Waals surface area contributed by atoms with Crippen LogP contribution < -0.4 is 16.5 Å². The summed E-state index contributed by atoms with van der Waals surface area (Å²) < 4.78 is 13.7. The van der Waals surface area contributed by atoms with E-state index in [0.29, 0.717) is 0 Å². The third-order valence-electron chi connectivity index (χ3n) is 2.95. The van der Waals surface area contributed by atoms with Gasteiger partial charge in [-0.25, -0.2) is 4.39 Å². The number of hydrogen-bond donors (Lipinski definition) is 3. The van der Waals surface area contributed by atoms with Gasteiger partial charge < -0.3 is 16.0 Å². The number of aromatic nitrogens is 1. The molecule has 4 N–H and O–H groups in total. The molecule has 0 aliphatic heterocycles. The zero-order chi connectivity index (χ0) is 15.6. The zero-order valence-corrected chi connectivity index (χ0v) is 11.1. The predicted molar refractivity (Wildman–Crippen MR) is 74.7 cm³/mol. The van der Waals surface area contributed by atoms with Gasteiger partial charge in [0.25, 0.3) is 5.91 Å². The molecular formula is C14H12FN3O3. The number of anilines is 1. The molecule has 0 saturated heterocycles. The van der Waals surface area contributed by atoms with Crippen molar-refractivity contribution in [3.05, 3.63) is 63.3 Å². The number of carbonyl (C=O) groups excluding carboxylic acids is 2. The van der Waals surface area contributed by atoms with E-state index in [1.54, 1.807) is 0 Å². The Hall–Kier alpha value is -2.96. The molecule has 21 heavy (non-hydrogen) atoms. The van der Waals surface area contributed by atoms with E-state index < -0.39 is 23.1 Å². The Labute approximate surface area is 118 Å². The summed E-state index contributed by atoms with van der Waals surface area (Å²) in [4.78, 5) is 37.3. The number of benzene rings is 1. The largest absolute Gasteiger partial charge is 0.367 e. The highest BCUT2D eigenvalue weighted by Gasteiger charge is 2.15. The van der Waals surface area contributed by atoms with Gasteiger partial charge in [-0.05, 0) is 19.1 Å². The summed E-state index contributed by atoms with van der Waals surface area (Å²) in [6, 6.07) is 3.45. The maximum absolute atomic E-state index is 13.7. The summed E-state index contributed by atoms with van der Waals surface area (Å²) in [5.41, 5.74) is 4.64. The summed E-state index contributed by atoms with van der Waals surface area (Å²) in [5.74, 6) is -2.20. The fourth-order valence-electron chi connectivity index (χ4n) is 1.73. The molecule has 6 nitrogen and oxygen atoms in total. The van der Waals surface area contributed by atoms with Gasteiger partial charge in [-0.2, -0.15) is 0 Å². The van der Waals surface area contributed by atoms with Crippen LogP contribution in [0.4, 0.5) is 10.1 Å². The molecule has 0 spiro atoms. The van der Waals surface area contributed by atoms with Crippen LogP contribution in [0.15, 0.2) is 35.4 Å². The lowest BCUT2D eigenvalue weighted by molar-refractivity contribution is 0.0995. The average Bonchev–Trinajstić information content (AvgIpc) is 2.43. The molecule has 1 heterocycles. The predicted octanol–water partition coefficient (Wildman–Crippen LogP) is 1.17. The number of rotatable bonds is 3. The van der Waals surface area contributed by atoms with Crippen molar-refractivity contribution < 1.29 is 14.0 Å². The highest BCUT2D eigenvalue weighted by Crippen LogP contribution is 2.21. The van der Waals surface area contributed by atoms with E-state index in [9.17, 15) is 18.8 Å². The van der Waals surface area contributed by atoms with Gasteiger partial charge in [0.1, 0.15) is 11.4 Å². The van der Waals surface area contributed by atoms with Gasteiger partial charge in [-0.15, -0.1) is 0 Å². The molecule has 0 saturated carbocycles. The average molecular weight is 289 g/mol. The van der Waals surface area contributed by atoms with Crippen LogP contribution >= 0.6 is 0 Å². The lowest BCUT2D eigenvalue weighted by Gasteiger charge is -2.10. The first-order chi connectivity index (χ1) is 9.90. The fourth-order valence-corrected chi connectivity index (χ4v) is 1.73. The highest BCUT2D eigenvalue weighted by molar-refractivity contribution is 6.05. The molecule has 2 amide bonds. The molecular weight excluding hydrogens is 277 g/mol. The Balaban J connectivity index is 2.40. The van der Waals surface area contributed by atoms with Gasteiger partial charge >= 0.3 is 0 Å². The molecule has 7 heteroatoms. The van der Waals surface area contributed by atoms with Crippen LogP contribution in [0.5, 0.6) is 0 Å². The quantitative estimate of drug-likeness (QED) is 0.789. The number of primary amides is 1. The minimum absolute atomic E-state index is 0.0737. The second-order valence-electron chi connectivity index (χ2n) is 4.37. The summed E-state index contributed by atoms with van der Waals surface area (Å²) in [6.07, 6.45) is 2.62. The standard InChI is InChI=1S/C14H12FN3O3/c1-7-10(15)4-8(13(16)20)5-11(7)18-14(21)9-6-17-3-2-12(9)19/h2-6H,1H3,(H2,16,20)(H,17,19)(H,18,21). The molecule has 0 bridgehead atoms. The number of pyridine rings is 1. The maximum atomic E-state index is 13.7. The molecule has 0 aliphatic rings. The fraction of sp³-hybridized carbons (Fsp3) is 0.0714. The minimum Gasteiger partial charge on any atom is -0.367 e. The number of aromatic amines is 1. The Bertz CT molecular complexity index is 783. The van der Waals surface area contributed by atoms with Crippen LogP contribution in [-0.4, -0.2) is 16.8 Å². The van der Waals surface area contributed by atoms with E-state index in [-0.39, 0.29) is 22.4 Å². The Morgan fingerprint density at radius 3 is 2.67 bits per heavy atom. The topological polar surface area (TPSA) is 105 Å². The Morgan fingerprint density at radius 1 is 1.33 bits per heavy atom. The number of carbonyl (C=O) groups is 2. The van der Waals surface area contributed by atoms with Gasteiger partial charge in [0.05, 0.1) is 0 Å². The second kappa shape index (κ2) is 5.58. The lowest BCUT2D eigenvalue weighted by Crippen LogP contribution is -2.22. The number of nitrogens with two attached hydrogens (primary N) is 1. The van der Waals surface area contributed by atoms with Crippen molar-refractivity contribution in [1.29, 1.82) is 0 Å². The lowest BCUT2D eigenvalue weighted by atomic mass is 10.1. The number of nitrogens with one attached hydrogen (secondary N) is 2. The normalized spacial score (nSPS) is 10.2. The monoisotopic (exact) mass is 289 g/mol. The summed E-state index contributed by atoms with van der Waals surface area (Å²) in [5, 5.41) is 2.40. The van der Waals surface area contributed by atoms with Gasteiger partial charge in [-0.1, -0.05) is 0 Å². The molecule has 0 fully saturated rings. The van der Waals surface area contributed by atoms with Gasteiger partial charge in [0.15, 0.2) is 5.43 Å². The van der Waals surface area contributed by atoms with Gasteiger partial charge in [0.2, 0.25) is 5.91 Å². The summed E-state index contributed by atoms with van der Waals surface area (Å²) in [7, 11) is 0. The minimum atomic E-state index is -0.818. The Morgan fingerprint density at radius 2 is 2.05 bits per heavy atom. The van der Waals surface area contributed by atoms with Crippen molar-refractivity contribution >= 4 is 17.5 Å². The molecule has 0 atom stereocenters. The van der Waals surface area contributed by atoms with Crippen molar-refractivity contribution in [3.63, 3.8) is 0 Å². The van der Waals surface area contributed by atoms with E-state index in [1.807, 2.05) is 0 Å². The van der Waals surface area contributed by atoms with E-state index in [0.717, 1.165) is 6.07 Å². The molecule has 0 unspecified atom stereocenters. The SMILES string of the molecule is Cc1c(F)cc(C(N)=O)cc1NC(=O)c1c[nH]ccc1=O. The van der Waals surface area contributed by atoms with Crippen molar-refractivity contribution in [2.45, 2.75) is 6.92 Å². The molecule has 108 valence electrons. The van der Waals surface area contributed by atoms with Crippen LogP contribution in [0.2, 0.25) is 0 Å². The van der Waals surface area contributed by atoms with Gasteiger partial charge in [0, 0.05) is 35.3 Å². The number of amides is 2. The van der Waals surface area contributed by atoms with Gasteiger partial charge in [-0.3, -0.25) is 14.4 Å². The zero-order valence-electron chi connectivity index (χ0n) is 11.1. The van der Waals surface area contributed by atoms with Crippen LogP contribution in [0.25, 0.3) is 0 Å². The number of hydrogen-bond acceptors (Lipinski definition) is 3. The van der Waals surface area contributed by atoms with Crippen LogP contribution in [0, 0.1) is 12.7 Å². The van der Waals surface area contributed by atoms with Crippen molar-refractivity contribution in [1.82, 2.24) is 4.98 Å². The summed E-state index contributed by atoms with van der Waals surface area (Å²) in [6.45, 7) is 1.44. The highest BCUT2D eigenvalue weighted by atomic mass is 19.1. The van der Waals surface area contributed by atoms with Crippen molar-refractivity contribution in [2.24, 2.45) is 5.73 Å². The second-order valence-corrected chi connectivity index (χ2v) is 4.37. The van der Waals surface area contributed by atoms with E-state index in [1.165, 1.54) is 31.5 Å².